The molecule has 0 radical (unpaired) electrons. The van der Waals surface area contributed by atoms with E-state index in [-0.39, 0.29) is 23.8 Å². The maximum absolute atomic E-state index is 13.2. The summed E-state index contributed by atoms with van der Waals surface area (Å²) >= 11 is 0. The quantitative estimate of drug-likeness (QED) is 0.832. The summed E-state index contributed by atoms with van der Waals surface area (Å²) in [7, 11) is 0. The van der Waals surface area contributed by atoms with Crippen LogP contribution in [0, 0.1) is 11.8 Å². The SMILES string of the molecule is CC1CC1C(=O)Nc1ccc(C(=O)N2CCCC2c2ccc3c(c2)OCCO3)cc1. The maximum Gasteiger partial charge on any atom is 0.254 e. The molecular weight excluding hydrogens is 380 g/mol. The van der Waals surface area contributed by atoms with Crippen LogP contribution >= 0.6 is 0 Å². The number of benzene rings is 2. The summed E-state index contributed by atoms with van der Waals surface area (Å²) in [5.74, 6) is 2.20. The number of nitrogens with zero attached hydrogens (tertiary/aromatic N) is 1. The lowest BCUT2D eigenvalue weighted by molar-refractivity contribution is -0.117. The summed E-state index contributed by atoms with van der Waals surface area (Å²) in [6.07, 6.45) is 2.86. The molecule has 2 aromatic rings. The molecule has 1 saturated heterocycles. The minimum Gasteiger partial charge on any atom is -0.486 e. The number of ether oxygens (including phenoxy) is 2. The number of amides is 2. The largest absolute Gasteiger partial charge is 0.486 e. The van der Waals surface area contributed by atoms with E-state index in [0.717, 1.165) is 48.6 Å². The molecule has 3 atom stereocenters. The van der Waals surface area contributed by atoms with Crippen LogP contribution in [0.3, 0.4) is 0 Å². The standard InChI is InChI=1S/C24H26N2O4/c1-15-13-19(15)23(27)25-18-7-4-16(5-8-18)24(28)26-10-2-3-20(26)17-6-9-21-22(14-17)30-12-11-29-21/h4-9,14-15,19-20H,2-3,10-13H2,1H3,(H,25,27). The second-order valence-corrected chi connectivity index (χ2v) is 8.45. The van der Waals surface area contributed by atoms with E-state index in [4.69, 9.17) is 9.47 Å². The smallest absolute Gasteiger partial charge is 0.254 e. The fourth-order valence-corrected chi connectivity index (χ4v) is 4.41. The minimum atomic E-state index is 0.0149. The maximum atomic E-state index is 13.2. The van der Waals surface area contributed by atoms with E-state index < -0.39 is 0 Å². The van der Waals surface area contributed by atoms with Gasteiger partial charge in [-0.1, -0.05) is 13.0 Å². The lowest BCUT2D eigenvalue weighted by Gasteiger charge is -2.27. The summed E-state index contributed by atoms with van der Waals surface area (Å²) in [4.78, 5) is 27.2. The fourth-order valence-electron chi connectivity index (χ4n) is 4.41. The van der Waals surface area contributed by atoms with Crippen molar-refractivity contribution in [1.82, 2.24) is 4.90 Å². The van der Waals surface area contributed by atoms with Crippen molar-refractivity contribution < 1.29 is 19.1 Å². The second-order valence-electron chi connectivity index (χ2n) is 8.45. The van der Waals surface area contributed by atoms with Gasteiger partial charge in [0.15, 0.2) is 11.5 Å². The molecular formula is C24H26N2O4. The van der Waals surface area contributed by atoms with E-state index in [2.05, 4.69) is 12.2 Å². The highest BCUT2D eigenvalue weighted by molar-refractivity contribution is 5.97. The zero-order valence-corrected chi connectivity index (χ0v) is 17.1. The molecule has 0 bridgehead atoms. The van der Waals surface area contributed by atoms with E-state index in [1.807, 2.05) is 35.2 Å². The van der Waals surface area contributed by atoms with E-state index in [0.29, 0.717) is 24.7 Å². The highest BCUT2D eigenvalue weighted by Gasteiger charge is 2.39. The molecule has 3 unspecified atom stereocenters. The molecule has 156 valence electrons. The number of anilines is 1. The van der Waals surface area contributed by atoms with Gasteiger partial charge in [0.25, 0.3) is 5.91 Å². The van der Waals surface area contributed by atoms with Crippen molar-refractivity contribution in [2.45, 2.75) is 32.2 Å². The van der Waals surface area contributed by atoms with E-state index >= 15 is 0 Å². The van der Waals surface area contributed by atoms with Gasteiger partial charge in [-0.25, -0.2) is 0 Å². The second kappa shape index (κ2) is 7.67. The van der Waals surface area contributed by atoms with E-state index in [1.54, 1.807) is 12.1 Å². The van der Waals surface area contributed by atoms with Crippen LogP contribution in [-0.2, 0) is 4.79 Å². The average Bonchev–Trinajstić information content (AvgIpc) is 3.31. The van der Waals surface area contributed by atoms with Crippen LogP contribution < -0.4 is 14.8 Å². The molecule has 0 spiro atoms. The molecule has 2 fully saturated rings. The van der Waals surface area contributed by atoms with E-state index in [9.17, 15) is 9.59 Å². The number of carbonyl (C=O) groups is 2. The van der Waals surface area contributed by atoms with Crippen LogP contribution in [0.25, 0.3) is 0 Å². The summed E-state index contributed by atoms with van der Waals surface area (Å²) in [6.45, 7) is 3.93. The predicted molar refractivity (Wildman–Crippen MR) is 113 cm³/mol. The van der Waals surface area contributed by atoms with Crippen molar-refractivity contribution in [3.05, 3.63) is 53.6 Å². The summed E-state index contributed by atoms with van der Waals surface area (Å²) < 4.78 is 11.3. The van der Waals surface area contributed by atoms with Crippen LogP contribution in [0.4, 0.5) is 5.69 Å². The van der Waals surface area contributed by atoms with Gasteiger partial charge < -0.3 is 19.7 Å². The number of fused-ring (bicyclic) bond motifs is 1. The highest BCUT2D eigenvalue weighted by Crippen LogP contribution is 2.39. The fraction of sp³-hybridized carbons (Fsp3) is 0.417. The number of nitrogens with one attached hydrogen (secondary N) is 1. The third-order valence-electron chi connectivity index (χ3n) is 6.31. The van der Waals surface area contributed by atoms with Gasteiger partial charge in [0.05, 0.1) is 6.04 Å². The first-order valence-corrected chi connectivity index (χ1v) is 10.7. The van der Waals surface area contributed by atoms with Crippen molar-refractivity contribution in [2.24, 2.45) is 11.8 Å². The Hall–Kier alpha value is -3.02. The van der Waals surface area contributed by atoms with Crippen molar-refractivity contribution >= 4 is 17.5 Å². The normalized spacial score (nSPS) is 24.4. The third kappa shape index (κ3) is 3.62. The molecule has 30 heavy (non-hydrogen) atoms. The van der Waals surface area contributed by atoms with Gasteiger partial charge in [-0.15, -0.1) is 0 Å². The zero-order valence-electron chi connectivity index (χ0n) is 17.1. The van der Waals surface area contributed by atoms with Crippen molar-refractivity contribution in [1.29, 1.82) is 0 Å². The van der Waals surface area contributed by atoms with Gasteiger partial charge in [-0.05, 0) is 67.1 Å². The summed E-state index contributed by atoms with van der Waals surface area (Å²) in [5.41, 5.74) is 2.45. The van der Waals surface area contributed by atoms with Crippen LogP contribution in [0.1, 0.15) is 48.1 Å². The molecule has 2 aromatic carbocycles. The minimum absolute atomic E-state index is 0.0149. The Labute approximate surface area is 176 Å². The van der Waals surface area contributed by atoms with Gasteiger partial charge in [0, 0.05) is 23.7 Å². The topological polar surface area (TPSA) is 67.9 Å². The molecule has 1 saturated carbocycles. The molecule has 3 aliphatic rings. The zero-order chi connectivity index (χ0) is 20.7. The highest BCUT2D eigenvalue weighted by atomic mass is 16.6. The van der Waals surface area contributed by atoms with Gasteiger partial charge in [-0.3, -0.25) is 9.59 Å². The van der Waals surface area contributed by atoms with Crippen molar-refractivity contribution in [3.8, 4) is 11.5 Å². The number of likely N-dealkylation sites (tertiary alicyclic amines) is 1. The van der Waals surface area contributed by atoms with Gasteiger partial charge in [-0.2, -0.15) is 0 Å². The first-order valence-electron chi connectivity index (χ1n) is 10.7. The molecule has 6 nitrogen and oxygen atoms in total. The number of hydrogen-bond acceptors (Lipinski definition) is 4. The molecule has 6 heteroatoms. The first kappa shape index (κ1) is 19.0. The average molecular weight is 406 g/mol. The predicted octanol–water partition coefficient (Wildman–Crippen LogP) is 4.03. The van der Waals surface area contributed by atoms with Crippen LogP contribution in [-0.4, -0.2) is 36.5 Å². The lowest BCUT2D eigenvalue weighted by atomic mass is 10.0. The number of hydrogen-bond donors (Lipinski definition) is 1. The Balaban J connectivity index is 1.29. The Bertz CT molecular complexity index is 972. The molecule has 5 rings (SSSR count). The molecule has 2 amide bonds. The number of rotatable bonds is 4. The Morgan fingerprint density at radius 3 is 2.50 bits per heavy atom. The van der Waals surface area contributed by atoms with Crippen LogP contribution in [0.5, 0.6) is 11.5 Å². The monoisotopic (exact) mass is 406 g/mol. The van der Waals surface area contributed by atoms with Crippen molar-refractivity contribution in [2.75, 3.05) is 25.1 Å². The first-order chi connectivity index (χ1) is 14.6. The summed E-state index contributed by atoms with van der Waals surface area (Å²) in [5, 5.41) is 2.94. The molecule has 1 N–H and O–H groups in total. The molecule has 1 aliphatic carbocycles. The lowest BCUT2D eigenvalue weighted by Crippen LogP contribution is -2.30. The molecule has 2 heterocycles. The summed E-state index contributed by atoms with van der Waals surface area (Å²) in [6, 6.07) is 13.2. The van der Waals surface area contributed by atoms with Gasteiger partial charge in [0.1, 0.15) is 13.2 Å². The Morgan fingerprint density at radius 2 is 1.77 bits per heavy atom. The van der Waals surface area contributed by atoms with Gasteiger partial charge in [0.2, 0.25) is 5.91 Å². The third-order valence-corrected chi connectivity index (χ3v) is 6.31. The number of carbonyl (C=O) groups excluding carboxylic acids is 2. The van der Waals surface area contributed by atoms with Crippen molar-refractivity contribution in [3.63, 3.8) is 0 Å². The van der Waals surface area contributed by atoms with Crippen LogP contribution in [0.15, 0.2) is 42.5 Å². The van der Waals surface area contributed by atoms with Gasteiger partial charge >= 0.3 is 0 Å². The van der Waals surface area contributed by atoms with Crippen LogP contribution in [0.2, 0.25) is 0 Å². The Morgan fingerprint density at radius 1 is 1.03 bits per heavy atom. The Kier molecular flexibility index (Phi) is 4.85. The molecule has 2 aliphatic heterocycles. The molecule has 0 aromatic heterocycles. The van der Waals surface area contributed by atoms with E-state index in [1.165, 1.54) is 0 Å².